The van der Waals surface area contributed by atoms with Crippen LogP contribution in [0.1, 0.15) is 36.0 Å². The zero-order valence-corrected chi connectivity index (χ0v) is 10.3. The monoisotopic (exact) mass is 263 g/mol. The molecule has 0 fully saturated rings. The summed E-state index contributed by atoms with van der Waals surface area (Å²) in [6, 6.07) is 3.34. The first-order chi connectivity index (χ1) is 9.04. The lowest BCUT2D eigenvalue weighted by Crippen LogP contribution is -2.12. The SMILES string of the molecule is C#CCCCCC(=O)Nc1ccc(C(=O)O)cc1F. The average Bonchev–Trinajstić information content (AvgIpc) is 2.37. The summed E-state index contributed by atoms with van der Waals surface area (Å²) in [6.07, 6.45) is 7.31. The van der Waals surface area contributed by atoms with Crippen LogP contribution in [-0.2, 0) is 4.79 Å². The molecule has 4 nitrogen and oxygen atoms in total. The molecule has 0 spiro atoms. The molecule has 100 valence electrons. The van der Waals surface area contributed by atoms with Crippen molar-refractivity contribution in [3.05, 3.63) is 29.6 Å². The molecular formula is C14H14FNO3. The van der Waals surface area contributed by atoms with Crippen molar-refractivity contribution >= 4 is 17.6 Å². The summed E-state index contributed by atoms with van der Waals surface area (Å²) in [5.74, 6) is 0.166. The van der Waals surface area contributed by atoms with Gasteiger partial charge in [0.2, 0.25) is 5.91 Å². The van der Waals surface area contributed by atoms with Crippen LogP contribution in [-0.4, -0.2) is 17.0 Å². The molecule has 0 aliphatic rings. The number of unbranched alkanes of at least 4 members (excludes halogenated alkanes) is 2. The summed E-state index contributed by atoms with van der Waals surface area (Å²) in [5, 5.41) is 11.1. The Bertz CT molecular complexity index is 520. The van der Waals surface area contributed by atoms with Crippen LogP contribution in [0.25, 0.3) is 0 Å². The number of carboxylic acids is 1. The summed E-state index contributed by atoms with van der Waals surface area (Å²) in [4.78, 5) is 22.1. The van der Waals surface area contributed by atoms with E-state index >= 15 is 0 Å². The zero-order chi connectivity index (χ0) is 14.3. The highest BCUT2D eigenvalue weighted by molar-refractivity contribution is 5.92. The number of halogens is 1. The number of anilines is 1. The average molecular weight is 263 g/mol. The van der Waals surface area contributed by atoms with Crippen molar-refractivity contribution in [3.8, 4) is 12.3 Å². The van der Waals surface area contributed by atoms with Gasteiger partial charge in [-0.15, -0.1) is 12.3 Å². The first kappa shape index (κ1) is 14.7. The molecule has 1 aromatic carbocycles. The fourth-order valence-corrected chi connectivity index (χ4v) is 1.47. The van der Waals surface area contributed by atoms with Crippen LogP contribution in [0.15, 0.2) is 18.2 Å². The van der Waals surface area contributed by atoms with Crippen LogP contribution in [0.5, 0.6) is 0 Å². The maximum atomic E-state index is 13.5. The number of hydrogen-bond acceptors (Lipinski definition) is 2. The van der Waals surface area contributed by atoms with E-state index in [2.05, 4.69) is 11.2 Å². The molecule has 0 atom stereocenters. The number of carbonyl (C=O) groups excluding carboxylic acids is 1. The minimum absolute atomic E-state index is 0.0213. The molecule has 1 aromatic rings. The van der Waals surface area contributed by atoms with E-state index in [1.54, 1.807) is 0 Å². The number of rotatable bonds is 6. The van der Waals surface area contributed by atoms with Crippen molar-refractivity contribution in [2.24, 2.45) is 0 Å². The molecule has 0 bridgehead atoms. The molecule has 0 saturated carbocycles. The quantitative estimate of drug-likeness (QED) is 0.612. The second-order valence-corrected chi connectivity index (χ2v) is 3.96. The Labute approximate surface area is 110 Å². The van der Waals surface area contributed by atoms with Gasteiger partial charge in [0, 0.05) is 12.8 Å². The number of nitrogens with one attached hydrogen (secondary N) is 1. The lowest BCUT2D eigenvalue weighted by Gasteiger charge is -2.06. The standard InChI is InChI=1S/C14H14FNO3/c1-2-3-4-5-6-13(17)16-12-8-7-10(14(18)19)9-11(12)15/h1,7-9H,3-6H2,(H,16,17)(H,18,19). The number of benzene rings is 1. The molecule has 0 unspecified atom stereocenters. The third-order valence-corrected chi connectivity index (χ3v) is 2.47. The van der Waals surface area contributed by atoms with E-state index in [0.717, 1.165) is 12.5 Å². The fourth-order valence-electron chi connectivity index (χ4n) is 1.47. The van der Waals surface area contributed by atoms with Crippen molar-refractivity contribution < 1.29 is 19.1 Å². The minimum Gasteiger partial charge on any atom is -0.478 e. The number of terminal acetylenes is 1. The third-order valence-electron chi connectivity index (χ3n) is 2.47. The third kappa shape index (κ3) is 4.80. The molecule has 2 N–H and O–H groups in total. The summed E-state index contributed by atoms with van der Waals surface area (Å²) in [5.41, 5.74) is -0.184. The van der Waals surface area contributed by atoms with Gasteiger partial charge >= 0.3 is 5.97 Å². The Morgan fingerprint density at radius 3 is 2.68 bits per heavy atom. The van der Waals surface area contributed by atoms with Gasteiger partial charge in [-0.25, -0.2) is 9.18 Å². The molecule has 1 rings (SSSR count). The molecule has 0 aliphatic heterocycles. The van der Waals surface area contributed by atoms with Gasteiger partial charge in [-0.3, -0.25) is 4.79 Å². The predicted octanol–water partition coefficient (Wildman–Crippen LogP) is 2.66. The van der Waals surface area contributed by atoms with Gasteiger partial charge in [0.05, 0.1) is 11.3 Å². The predicted molar refractivity (Wildman–Crippen MR) is 69.3 cm³/mol. The van der Waals surface area contributed by atoms with Crippen LogP contribution < -0.4 is 5.32 Å². The second-order valence-electron chi connectivity index (χ2n) is 3.96. The lowest BCUT2D eigenvalue weighted by molar-refractivity contribution is -0.116. The van der Waals surface area contributed by atoms with Crippen LogP contribution in [0, 0.1) is 18.2 Å². The molecule has 1 amide bonds. The molecular weight excluding hydrogens is 249 g/mol. The molecule has 5 heteroatoms. The highest BCUT2D eigenvalue weighted by atomic mass is 19.1. The number of carboxylic acid groups (broad SMARTS) is 1. The van der Waals surface area contributed by atoms with Gasteiger partial charge in [-0.1, -0.05) is 0 Å². The first-order valence-corrected chi connectivity index (χ1v) is 5.80. The van der Waals surface area contributed by atoms with Crippen molar-refractivity contribution in [1.29, 1.82) is 0 Å². The largest absolute Gasteiger partial charge is 0.478 e. The van der Waals surface area contributed by atoms with Crippen molar-refractivity contribution in [2.45, 2.75) is 25.7 Å². The zero-order valence-electron chi connectivity index (χ0n) is 10.3. The number of carbonyl (C=O) groups is 2. The molecule has 0 aliphatic carbocycles. The number of amides is 1. The summed E-state index contributed by atoms with van der Waals surface area (Å²) < 4.78 is 13.5. The van der Waals surface area contributed by atoms with Gasteiger partial charge in [-0.05, 0) is 31.0 Å². The normalized spacial score (nSPS) is 9.68. The Hall–Kier alpha value is -2.35. The van der Waals surface area contributed by atoms with Gasteiger partial charge in [0.1, 0.15) is 5.82 Å². The van der Waals surface area contributed by atoms with E-state index in [-0.39, 0.29) is 23.6 Å². The highest BCUT2D eigenvalue weighted by Crippen LogP contribution is 2.16. The molecule has 0 saturated heterocycles. The topological polar surface area (TPSA) is 66.4 Å². The van der Waals surface area contributed by atoms with Crippen molar-refractivity contribution in [2.75, 3.05) is 5.32 Å². The molecule has 0 aromatic heterocycles. The summed E-state index contributed by atoms with van der Waals surface area (Å²) in [7, 11) is 0. The maximum Gasteiger partial charge on any atom is 0.335 e. The van der Waals surface area contributed by atoms with Crippen molar-refractivity contribution in [3.63, 3.8) is 0 Å². The van der Waals surface area contributed by atoms with E-state index in [1.807, 2.05) is 0 Å². The number of aromatic carboxylic acids is 1. The maximum absolute atomic E-state index is 13.5. The lowest BCUT2D eigenvalue weighted by atomic mass is 10.1. The van der Waals surface area contributed by atoms with Gasteiger partial charge < -0.3 is 10.4 Å². The highest BCUT2D eigenvalue weighted by Gasteiger charge is 2.10. The van der Waals surface area contributed by atoms with E-state index in [9.17, 15) is 14.0 Å². The van der Waals surface area contributed by atoms with E-state index in [4.69, 9.17) is 11.5 Å². The van der Waals surface area contributed by atoms with Gasteiger partial charge in [0.25, 0.3) is 0 Å². The molecule has 0 heterocycles. The van der Waals surface area contributed by atoms with E-state index in [1.165, 1.54) is 12.1 Å². The fraction of sp³-hybridized carbons (Fsp3) is 0.286. The van der Waals surface area contributed by atoms with Gasteiger partial charge in [0.15, 0.2) is 0 Å². The smallest absolute Gasteiger partial charge is 0.335 e. The van der Waals surface area contributed by atoms with Gasteiger partial charge in [-0.2, -0.15) is 0 Å². The first-order valence-electron chi connectivity index (χ1n) is 5.80. The Balaban J connectivity index is 2.55. The van der Waals surface area contributed by atoms with E-state index in [0.29, 0.717) is 12.8 Å². The molecule has 19 heavy (non-hydrogen) atoms. The number of hydrogen-bond donors (Lipinski definition) is 2. The minimum atomic E-state index is -1.22. The van der Waals surface area contributed by atoms with Crippen LogP contribution in [0.2, 0.25) is 0 Å². The van der Waals surface area contributed by atoms with Crippen LogP contribution in [0.4, 0.5) is 10.1 Å². The van der Waals surface area contributed by atoms with Crippen LogP contribution >= 0.6 is 0 Å². The van der Waals surface area contributed by atoms with Crippen LogP contribution in [0.3, 0.4) is 0 Å². The Kier molecular flexibility index (Phi) is 5.55. The second kappa shape index (κ2) is 7.17. The Morgan fingerprint density at radius 1 is 1.37 bits per heavy atom. The van der Waals surface area contributed by atoms with Crippen molar-refractivity contribution in [1.82, 2.24) is 0 Å². The summed E-state index contributed by atoms with van der Waals surface area (Å²) in [6.45, 7) is 0. The molecule has 0 radical (unpaired) electrons. The summed E-state index contributed by atoms with van der Waals surface area (Å²) >= 11 is 0. The Morgan fingerprint density at radius 2 is 2.11 bits per heavy atom. The van der Waals surface area contributed by atoms with E-state index < -0.39 is 11.8 Å².